The van der Waals surface area contributed by atoms with Gasteiger partial charge in [-0.05, 0) is 36.9 Å². The topological polar surface area (TPSA) is 96.9 Å². The fourth-order valence-corrected chi connectivity index (χ4v) is 4.35. The van der Waals surface area contributed by atoms with Crippen LogP contribution in [0, 0.1) is 0 Å². The molecular formula is C25H27N3O4. The van der Waals surface area contributed by atoms with E-state index in [2.05, 4.69) is 9.88 Å². The van der Waals surface area contributed by atoms with Gasteiger partial charge in [0, 0.05) is 35.8 Å². The summed E-state index contributed by atoms with van der Waals surface area (Å²) in [6.07, 6.45) is 1.64. The Morgan fingerprint density at radius 1 is 1.09 bits per heavy atom. The summed E-state index contributed by atoms with van der Waals surface area (Å²) in [5, 5.41) is 22.1. The number of carbonyl (C=O) groups is 2. The number of hydrogen-bond acceptors (Lipinski definition) is 5. The second-order valence-corrected chi connectivity index (χ2v) is 7.86. The van der Waals surface area contributed by atoms with Crippen molar-refractivity contribution in [3.63, 3.8) is 0 Å². The molecule has 4 rings (SSSR count). The lowest BCUT2D eigenvalue weighted by atomic mass is 9.95. The lowest BCUT2D eigenvalue weighted by Gasteiger charge is -2.28. The molecule has 0 bridgehead atoms. The highest BCUT2D eigenvalue weighted by Gasteiger charge is 2.46. The summed E-state index contributed by atoms with van der Waals surface area (Å²) >= 11 is 0. The van der Waals surface area contributed by atoms with E-state index in [1.54, 1.807) is 18.3 Å². The standard InChI is InChI=1S/C25H27N3O4/c1-3-27(4-2)12-13-28-22(16-8-7-9-17(29)14-16)21(24(31)25(28)32)23(30)19-15-26-20-11-6-5-10-18(19)20/h5-11,14-15,22,26,29-30H,3-4,12-13H2,1-2H3/b23-21-. The molecule has 0 saturated carbocycles. The zero-order valence-corrected chi connectivity index (χ0v) is 18.2. The number of nitrogens with zero attached hydrogens (tertiary/aromatic N) is 2. The molecule has 7 heteroatoms. The average molecular weight is 434 g/mol. The molecule has 2 heterocycles. The molecule has 3 aromatic rings. The first-order valence-corrected chi connectivity index (χ1v) is 10.8. The largest absolute Gasteiger partial charge is 0.508 e. The van der Waals surface area contributed by atoms with Gasteiger partial charge in [-0.25, -0.2) is 0 Å². The number of likely N-dealkylation sites (tertiary alicyclic amines) is 1. The van der Waals surface area contributed by atoms with E-state index in [1.807, 2.05) is 38.1 Å². The van der Waals surface area contributed by atoms with Gasteiger partial charge >= 0.3 is 0 Å². The molecule has 1 fully saturated rings. The summed E-state index contributed by atoms with van der Waals surface area (Å²) < 4.78 is 0. The third-order valence-corrected chi connectivity index (χ3v) is 6.12. The Labute approximate surface area is 186 Å². The van der Waals surface area contributed by atoms with Gasteiger partial charge in [0.15, 0.2) is 0 Å². The number of aromatic hydroxyl groups is 1. The smallest absolute Gasteiger partial charge is 0.295 e. The SMILES string of the molecule is CCN(CC)CCN1C(=O)C(=O)/C(=C(\O)c2c[nH]c3ccccc23)C1c1cccc(O)c1. The fourth-order valence-electron chi connectivity index (χ4n) is 4.35. The monoisotopic (exact) mass is 433 g/mol. The van der Waals surface area contributed by atoms with E-state index in [0.29, 0.717) is 24.2 Å². The molecule has 0 aliphatic carbocycles. The first-order valence-electron chi connectivity index (χ1n) is 10.8. The number of likely N-dealkylation sites (N-methyl/N-ethyl adjacent to an activating group) is 1. The predicted octanol–water partition coefficient (Wildman–Crippen LogP) is 3.64. The van der Waals surface area contributed by atoms with Crippen LogP contribution in [0.4, 0.5) is 0 Å². The number of aliphatic hydroxyl groups excluding tert-OH is 1. The molecule has 3 N–H and O–H groups in total. The number of rotatable bonds is 7. The number of fused-ring (bicyclic) bond motifs is 1. The van der Waals surface area contributed by atoms with Crippen LogP contribution in [0.3, 0.4) is 0 Å². The van der Waals surface area contributed by atoms with Gasteiger partial charge in [0.1, 0.15) is 11.5 Å². The Hall–Kier alpha value is -3.58. The van der Waals surface area contributed by atoms with Gasteiger partial charge in [0.25, 0.3) is 11.7 Å². The van der Waals surface area contributed by atoms with Crippen molar-refractivity contribution in [2.24, 2.45) is 0 Å². The lowest BCUT2D eigenvalue weighted by molar-refractivity contribution is -0.140. The molecule has 1 aliphatic heterocycles. The van der Waals surface area contributed by atoms with Crippen molar-refractivity contribution in [1.29, 1.82) is 0 Å². The van der Waals surface area contributed by atoms with Crippen molar-refractivity contribution in [2.75, 3.05) is 26.2 Å². The predicted molar refractivity (Wildman–Crippen MR) is 123 cm³/mol. The number of H-pyrrole nitrogens is 1. The van der Waals surface area contributed by atoms with Crippen LogP contribution in [-0.2, 0) is 9.59 Å². The molecule has 1 atom stereocenters. The highest BCUT2D eigenvalue weighted by atomic mass is 16.3. The lowest BCUT2D eigenvalue weighted by Crippen LogP contribution is -2.38. The molecule has 2 aromatic carbocycles. The molecule has 1 unspecified atom stereocenters. The van der Waals surface area contributed by atoms with E-state index < -0.39 is 17.7 Å². The molecule has 1 aromatic heterocycles. The van der Waals surface area contributed by atoms with E-state index >= 15 is 0 Å². The van der Waals surface area contributed by atoms with Crippen LogP contribution < -0.4 is 0 Å². The maximum atomic E-state index is 13.1. The Morgan fingerprint density at radius 3 is 2.56 bits per heavy atom. The van der Waals surface area contributed by atoms with E-state index in [4.69, 9.17) is 0 Å². The molecule has 32 heavy (non-hydrogen) atoms. The maximum Gasteiger partial charge on any atom is 0.295 e. The third kappa shape index (κ3) is 3.76. The summed E-state index contributed by atoms with van der Waals surface area (Å²) in [6.45, 7) is 6.67. The Kier molecular flexibility index (Phi) is 6.01. The van der Waals surface area contributed by atoms with Crippen molar-refractivity contribution in [1.82, 2.24) is 14.8 Å². The van der Waals surface area contributed by atoms with E-state index in [-0.39, 0.29) is 17.1 Å². The van der Waals surface area contributed by atoms with Crippen LogP contribution in [0.25, 0.3) is 16.7 Å². The molecule has 1 aliphatic rings. The quantitative estimate of drug-likeness (QED) is 0.300. The van der Waals surface area contributed by atoms with Gasteiger partial charge in [-0.2, -0.15) is 0 Å². The number of nitrogens with one attached hydrogen (secondary N) is 1. The normalized spacial score (nSPS) is 18.2. The number of carbonyl (C=O) groups excluding carboxylic acids is 2. The second kappa shape index (κ2) is 8.88. The van der Waals surface area contributed by atoms with Crippen LogP contribution in [0.5, 0.6) is 5.75 Å². The number of para-hydroxylation sites is 1. The van der Waals surface area contributed by atoms with Crippen molar-refractivity contribution >= 4 is 28.4 Å². The zero-order valence-electron chi connectivity index (χ0n) is 18.2. The van der Waals surface area contributed by atoms with Gasteiger partial charge in [-0.1, -0.05) is 44.2 Å². The van der Waals surface area contributed by atoms with Gasteiger partial charge in [0.05, 0.1) is 11.6 Å². The van der Waals surface area contributed by atoms with Crippen LogP contribution >= 0.6 is 0 Å². The first-order chi connectivity index (χ1) is 15.5. The summed E-state index contributed by atoms with van der Waals surface area (Å²) in [7, 11) is 0. The number of phenolic OH excluding ortho intramolecular Hbond substituents is 1. The zero-order chi connectivity index (χ0) is 22.8. The summed E-state index contributed by atoms with van der Waals surface area (Å²) in [5.41, 5.74) is 1.89. The Balaban J connectivity index is 1.85. The second-order valence-electron chi connectivity index (χ2n) is 7.86. The first kappa shape index (κ1) is 21.6. The highest BCUT2D eigenvalue weighted by molar-refractivity contribution is 6.46. The molecule has 1 saturated heterocycles. The molecule has 1 amide bonds. The minimum Gasteiger partial charge on any atom is -0.508 e. The van der Waals surface area contributed by atoms with Crippen LogP contribution in [0.2, 0.25) is 0 Å². The number of Topliss-reactive ketones (excluding diaryl/α,β-unsaturated/α-hetero) is 1. The highest BCUT2D eigenvalue weighted by Crippen LogP contribution is 2.41. The third-order valence-electron chi connectivity index (χ3n) is 6.12. The number of phenols is 1. The molecule has 7 nitrogen and oxygen atoms in total. The van der Waals surface area contributed by atoms with Gasteiger partial charge < -0.3 is 25.0 Å². The molecule has 0 spiro atoms. The van der Waals surface area contributed by atoms with E-state index in [9.17, 15) is 19.8 Å². The maximum absolute atomic E-state index is 13.1. The molecule has 166 valence electrons. The van der Waals surface area contributed by atoms with Crippen LogP contribution in [0.1, 0.15) is 31.0 Å². The number of aromatic nitrogens is 1. The molecule has 0 radical (unpaired) electrons. The van der Waals surface area contributed by atoms with Gasteiger partial charge in [-0.15, -0.1) is 0 Å². The Bertz CT molecular complexity index is 1190. The minimum absolute atomic E-state index is 0.0314. The minimum atomic E-state index is -0.786. The Morgan fingerprint density at radius 2 is 1.84 bits per heavy atom. The number of aliphatic hydroxyl groups is 1. The van der Waals surface area contributed by atoms with E-state index in [0.717, 1.165) is 24.0 Å². The number of aromatic amines is 1. The summed E-state index contributed by atoms with van der Waals surface area (Å²) in [6, 6.07) is 13.1. The number of amides is 1. The van der Waals surface area contributed by atoms with Gasteiger partial charge in [0.2, 0.25) is 0 Å². The van der Waals surface area contributed by atoms with Crippen molar-refractivity contribution in [3.05, 3.63) is 71.4 Å². The summed E-state index contributed by atoms with van der Waals surface area (Å²) in [5.74, 6) is -1.56. The fraction of sp³-hybridized carbons (Fsp3) is 0.280. The van der Waals surface area contributed by atoms with Crippen LogP contribution in [-0.4, -0.2) is 62.9 Å². The van der Waals surface area contributed by atoms with E-state index in [1.165, 1.54) is 17.0 Å². The van der Waals surface area contributed by atoms with Crippen molar-refractivity contribution in [3.8, 4) is 5.75 Å². The number of hydrogen-bond donors (Lipinski definition) is 3. The average Bonchev–Trinajstić information content (AvgIpc) is 3.34. The van der Waals surface area contributed by atoms with Crippen LogP contribution in [0.15, 0.2) is 60.3 Å². The van der Waals surface area contributed by atoms with Gasteiger partial charge in [-0.3, -0.25) is 9.59 Å². The molecular weight excluding hydrogens is 406 g/mol. The van der Waals surface area contributed by atoms with Crippen molar-refractivity contribution in [2.45, 2.75) is 19.9 Å². The van der Waals surface area contributed by atoms with Crippen molar-refractivity contribution < 1.29 is 19.8 Å². The number of benzene rings is 2. The number of ketones is 1. The summed E-state index contributed by atoms with van der Waals surface area (Å²) in [4.78, 5) is 33.0.